The van der Waals surface area contributed by atoms with E-state index in [-0.39, 0.29) is 36.8 Å². The smallest absolute Gasteiger partial charge is 0.243 e. The first kappa shape index (κ1) is 20.4. The van der Waals surface area contributed by atoms with Gasteiger partial charge in [-0.15, -0.1) is 24.8 Å². The van der Waals surface area contributed by atoms with E-state index in [0.29, 0.717) is 6.54 Å². The largest absolute Gasteiger partial charge is 0.354 e. The van der Waals surface area contributed by atoms with Crippen LogP contribution in [0.2, 0.25) is 0 Å². The van der Waals surface area contributed by atoms with Gasteiger partial charge in [0.1, 0.15) is 17.7 Å². The average molecular weight is 376 g/mol. The molecule has 0 bridgehead atoms. The summed E-state index contributed by atoms with van der Waals surface area (Å²) in [5, 5.41) is 10.5. The third-order valence-corrected chi connectivity index (χ3v) is 3.82. The Morgan fingerprint density at radius 1 is 1.42 bits per heavy atom. The van der Waals surface area contributed by atoms with Crippen molar-refractivity contribution in [2.75, 3.05) is 13.1 Å². The highest BCUT2D eigenvalue weighted by Gasteiger charge is 2.27. The van der Waals surface area contributed by atoms with Gasteiger partial charge < -0.3 is 15.6 Å². The van der Waals surface area contributed by atoms with Crippen LogP contribution in [0.5, 0.6) is 0 Å². The van der Waals surface area contributed by atoms with Crippen LogP contribution in [0.25, 0.3) is 0 Å². The molecule has 0 radical (unpaired) electrons. The number of hydrogen-bond donors (Lipinski definition) is 3. The van der Waals surface area contributed by atoms with Crippen LogP contribution in [0.3, 0.4) is 0 Å². The predicted octanol–water partition coefficient (Wildman–Crippen LogP) is 0.855. The van der Waals surface area contributed by atoms with Gasteiger partial charge in [0.2, 0.25) is 5.91 Å². The molecule has 2 aromatic rings. The van der Waals surface area contributed by atoms with E-state index in [0.717, 1.165) is 49.0 Å². The zero-order valence-electron chi connectivity index (χ0n) is 13.7. The predicted molar refractivity (Wildman–Crippen MR) is 94.7 cm³/mol. The van der Waals surface area contributed by atoms with Crippen LogP contribution in [0, 0.1) is 13.8 Å². The number of carbonyl (C=O) groups is 1. The molecular formula is C14H23Cl2N7O. The number of H-pyrrole nitrogens is 1. The van der Waals surface area contributed by atoms with E-state index in [9.17, 15) is 4.79 Å². The first-order valence-electron chi connectivity index (χ1n) is 7.56. The van der Waals surface area contributed by atoms with Gasteiger partial charge in [0, 0.05) is 31.7 Å². The van der Waals surface area contributed by atoms with Crippen molar-refractivity contribution in [1.82, 2.24) is 35.4 Å². The number of halogens is 2. The fourth-order valence-electron chi connectivity index (χ4n) is 2.75. The molecule has 24 heavy (non-hydrogen) atoms. The van der Waals surface area contributed by atoms with Gasteiger partial charge in [-0.05, 0) is 20.3 Å². The maximum Gasteiger partial charge on any atom is 0.243 e. The molecule has 3 N–H and O–H groups in total. The Bertz CT molecular complexity index is 670. The quantitative estimate of drug-likeness (QED) is 0.672. The van der Waals surface area contributed by atoms with Gasteiger partial charge in [0.25, 0.3) is 0 Å². The number of aromatic amines is 1. The Morgan fingerprint density at radius 3 is 2.92 bits per heavy atom. The first-order valence-corrected chi connectivity index (χ1v) is 7.56. The van der Waals surface area contributed by atoms with Crippen LogP contribution in [-0.4, -0.2) is 43.7 Å². The molecule has 10 heteroatoms. The van der Waals surface area contributed by atoms with E-state index in [1.165, 1.54) is 0 Å². The number of imidazole rings is 1. The second kappa shape index (κ2) is 9.00. The minimum absolute atomic E-state index is 0. The van der Waals surface area contributed by atoms with Gasteiger partial charge in [-0.1, -0.05) is 0 Å². The van der Waals surface area contributed by atoms with Gasteiger partial charge in [-0.2, -0.15) is 5.10 Å². The molecule has 0 saturated carbocycles. The first-order chi connectivity index (χ1) is 10.6. The van der Waals surface area contributed by atoms with Crippen molar-refractivity contribution >= 4 is 30.7 Å². The number of nitrogens with one attached hydrogen (secondary N) is 3. The SMILES string of the molecule is Cc1nc(C)n(CCCNC(=O)C2NCCc3[nH]cnc32)n1.Cl.Cl. The molecule has 8 nitrogen and oxygen atoms in total. The van der Waals surface area contributed by atoms with E-state index < -0.39 is 0 Å². The summed E-state index contributed by atoms with van der Waals surface area (Å²) in [5.41, 5.74) is 1.86. The van der Waals surface area contributed by atoms with E-state index in [1.54, 1.807) is 6.33 Å². The number of amides is 1. The maximum atomic E-state index is 12.3. The lowest BCUT2D eigenvalue weighted by Crippen LogP contribution is -2.42. The lowest BCUT2D eigenvalue weighted by molar-refractivity contribution is -0.123. The summed E-state index contributed by atoms with van der Waals surface area (Å²) in [6, 6.07) is -0.356. The molecule has 0 saturated heterocycles. The number of fused-ring (bicyclic) bond motifs is 1. The van der Waals surface area contributed by atoms with Gasteiger partial charge in [0.05, 0.1) is 12.0 Å². The molecule has 1 unspecified atom stereocenters. The summed E-state index contributed by atoms with van der Waals surface area (Å²) >= 11 is 0. The minimum Gasteiger partial charge on any atom is -0.354 e. The number of hydrogen-bond acceptors (Lipinski definition) is 5. The van der Waals surface area contributed by atoms with Crippen molar-refractivity contribution < 1.29 is 4.79 Å². The average Bonchev–Trinajstić information content (AvgIpc) is 3.09. The molecule has 2 aromatic heterocycles. The normalized spacial score (nSPS) is 15.8. The van der Waals surface area contributed by atoms with Gasteiger partial charge in [-0.3, -0.25) is 9.48 Å². The Balaban J connectivity index is 0.00000144. The highest BCUT2D eigenvalue weighted by molar-refractivity contribution is 5.85. The van der Waals surface area contributed by atoms with Crippen molar-refractivity contribution in [2.24, 2.45) is 0 Å². The van der Waals surface area contributed by atoms with E-state index in [4.69, 9.17) is 0 Å². The summed E-state index contributed by atoms with van der Waals surface area (Å²) in [7, 11) is 0. The van der Waals surface area contributed by atoms with E-state index in [1.807, 2.05) is 18.5 Å². The van der Waals surface area contributed by atoms with Crippen LogP contribution in [0.4, 0.5) is 0 Å². The molecule has 0 aromatic carbocycles. The Hall–Kier alpha value is -1.64. The molecule has 134 valence electrons. The van der Waals surface area contributed by atoms with Crippen molar-refractivity contribution in [3.05, 3.63) is 29.4 Å². The molecular weight excluding hydrogens is 353 g/mol. The lowest BCUT2D eigenvalue weighted by atomic mass is 10.1. The topological polar surface area (TPSA) is 101 Å². The Morgan fingerprint density at radius 2 is 2.21 bits per heavy atom. The van der Waals surface area contributed by atoms with Crippen LogP contribution in [0.15, 0.2) is 6.33 Å². The second-order valence-electron chi connectivity index (χ2n) is 5.48. The molecule has 1 aliphatic rings. The number of carbonyl (C=O) groups excluding carboxylic acids is 1. The second-order valence-corrected chi connectivity index (χ2v) is 5.48. The molecule has 0 aliphatic carbocycles. The Kier molecular flexibility index (Phi) is 7.65. The van der Waals surface area contributed by atoms with Gasteiger partial charge >= 0.3 is 0 Å². The standard InChI is InChI=1S/C14H21N7O.2ClH/c1-9-19-10(2)21(20-9)7-3-5-16-14(22)13-12-11(4-6-15-13)17-8-18-12;;/h8,13,15H,3-7H2,1-2H3,(H,16,22)(H,17,18);2*1H. The van der Waals surface area contributed by atoms with Crippen molar-refractivity contribution in [3.63, 3.8) is 0 Å². The number of aryl methyl sites for hydroxylation is 3. The van der Waals surface area contributed by atoms with E-state index >= 15 is 0 Å². The van der Waals surface area contributed by atoms with Crippen LogP contribution in [-0.2, 0) is 17.8 Å². The lowest BCUT2D eigenvalue weighted by Gasteiger charge is -2.22. The van der Waals surface area contributed by atoms with Crippen molar-refractivity contribution in [1.29, 1.82) is 0 Å². The maximum absolute atomic E-state index is 12.3. The monoisotopic (exact) mass is 375 g/mol. The highest BCUT2D eigenvalue weighted by atomic mass is 35.5. The summed E-state index contributed by atoms with van der Waals surface area (Å²) in [4.78, 5) is 23.9. The fourth-order valence-corrected chi connectivity index (χ4v) is 2.75. The number of rotatable bonds is 5. The van der Waals surface area contributed by atoms with Gasteiger partial charge in [0.15, 0.2) is 0 Å². The molecule has 1 amide bonds. The Labute approximate surface area is 153 Å². The van der Waals surface area contributed by atoms with E-state index in [2.05, 4.69) is 30.7 Å². The summed E-state index contributed by atoms with van der Waals surface area (Å²) in [6.45, 7) is 5.95. The highest BCUT2D eigenvalue weighted by Crippen LogP contribution is 2.18. The van der Waals surface area contributed by atoms with Crippen LogP contribution >= 0.6 is 24.8 Å². The summed E-state index contributed by atoms with van der Waals surface area (Å²) in [6.07, 6.45) is 3.34. The van der Waals surface area contributed by atoms with Crippen molar-refractivity contribution in [2.45, 2.75) is 39.3 Å². The molecule has 0 fully saturated rings. The summed E-state index contributed by atoms with van der Waals surface area (Å²) in [5.74, 6) is 1.65. The zero-order chi connectivity index (χ0) is 15.5. The zero-order valence-corrected chi connectivity index (χ0v) is 15.3. The van der Waals surface area contributed by atoms with Crippen molar-refractivity contribution in [3.8, 4) is 0 Å². The third-order valence-electron chi connectivity index (χ3n) is 3.82. The molecule has 1 aliphatic heterocycles. The molecule has 3 heterocycles. The van der Waals surface area contributed by atoms with Gasteiger partial charge in [-0.25, -0.2) is 9.97 Å². The minimum atomic E-state index is -0.356. The van der Waals surface area contributed by atoms with Crippen LogP contribution in [0.1, 0.15) is 35.5 Å². The number of nitrogens with zero attached hydrogens (tertiary/aromatic N) is 4. The third kappa shape index (κ3) is 4.46. The van der Waals surface area contributed by atoms with Crippen LogP contribution < -0.4 is 10.6 Å². The summed E-state index contributed by atoms with van der Waals surface area (Å²) < 4.78 is 1.87. The number of aromatic nitrogens is 5. The fraction of sp³-hybridized carbons (Fsp3) is 0.571. The molecule has 1 atom stereocenters. The molecule has 3 rings (SSSR count). The molecule has 0 spiro atoms.